The number of nitrogens with one attached hydrogen (secondary N) is 1. The van der Waals surface area contributed by atoms with E-state index >= 15 is 0 Å². The van der Waals surface area contributed by atoms with Crippen LogP contribution in [0, 0.1) is 5.82 Å². The van der Waals surface area contributed by atoms with Gasteiger partial charge in [-0.1, -0.05) is 18.2 Å². The summed E-state index contributed by atoms with van der Waals surface area (Å²) in [4.78, 5) is 36.9. The third kappa shape index (κ3) is 8.59. The first kappa shape index (κ1) is 29.2. The number of aryl methyl sites for hydroxylation is 1. The Labute approximate surface area is 236 Å². The number of benzene rings is 3. The smallest absolute Gasteiger partial charge is 0.494 e. The fourth-order valence-electron chi connectivity index (χ4n) is 4.42. The maximum absolute atomic E-state index is 13.0. The van der Waals surface area contributed by atoms with E-state index in [1.54, 1.807) is 59.5 Å². The highest BCUT2D eigenvalue weighted by Gasteiger charge is 2.30. The number of carboxylic acids is 1. The lowest BCUT2D eigenvalue weighted by Crippen LogP contribution is -2.43. The number of fused-ring (bicyclic) bond motifs is 1. The number of aliphatic carboxylic acids is 1. The van der Waals surface area contributed by atoms with Crippen molar-refractivity contribution in [2.24, 2.45) is 0 Å². The van der Waals surface area contributed by atoms with Gasteiger partial charge in [0.15, 0.2) is 5.75 Å². The Morgan fingerprint density at radius 1 is 0.976 bits per heavy atom. The lowest BCUT2D eigenvalue weighted by atomic mass is 10.1. The summed E-state index contributed by atoms with van der Waals surface area (Å²) in [6.07, 6.45) is 0.148. The second-order valence-corrected chi connectivity index (χ2v) is 9.44. The van der Waals surface area contributed by atoms with Gasteiger partial charge in [0.2, 0.25) is 0 Å². The van der Waals surface area contributed by atoms with Crippen LogP contribution < -0.4 is 19.7 Å². The number of carbonyl (C=O) groups excluding carboxylic acids is 1. The van der Waals surface area contributed by atoms with Gasteiger partial charge in [0.25, 0.3) is 12.2 Å². The normalized spacial score (nSPS) is 14.0. The minimum absolute atomic E-state index is 0.0523. The third-order valence-electron chi connectivity index (χ3n) is 6.41. The molecule has 41 heavy (non-hydrogen) atoms. The summed E-state index contributed by atoms with van der Waals surface area (Å²) in [6, 6.07) is 18.2. The number of carbonyl (C=O) groups is 3. The highest BCUT2D eigenvalue weighted by Crippen LogP contribution is 2.40. The summed E-state index contributed by atoms with van der Waals surface area (Å²) in [5, 5.41) is 20.9. The number of unbranched alkanes of at least 4 members (excludes halogenated alkanes) is 1. The van der Waals surface area contributed by atoms with E-state index in [-0.39, 0.29) is 24.5 Å². The molecule has 216 valence electrons. The van der Waals surface area contributed by atoms with Crippen LogP contribution in [0.25, 0.3) is 0 Å². The van der Waals surface area contributed by atoms with Gasteiger partial charge in [-0.25, -0.2) is 9.18 Å². The molecule has 11 heteroatoms. The van der Waals surface area contributed by atoms with E-state index in [0.29, 0.717) is 42.3 Å². The van der Waals surface area contributed by atoms with Crippen molar-refractivity contribution >= 4 is 29.4 Å². The van der Waals surface area contributed by atoms with Crippen LogP contribution in [0.15, 0.2) is 66.7 Å². The van der Waals surface area contributed by atoms with Crippen molar-refractivity contribution in [3.8, 4) is 11.5 Å². The van der Waals surface area contributed by atoms with Gasteiger partial charge in [-0.05, 0) is 79.8 Å². The number of para-hydroxylation sites is 1. The molecule has 0 fully saturated rings. The molecule has 10 nitrogen and oxygen atoms in total. The average Bonchev–Trinajstić information content (AvgIpc) is 2.94. The van der Waals surface area contributed by atoms with Gasteiger partial charge < -0.3 is 34.6 Å². The molecular weight excluding hydrogens is 535 g/mol. The Bertz CT molecular complexity index is 1350. The maximum Gasteiger partial charge on any atom is 0.508 e. The number of hydrogen-bond acceptors (Lipinski definition) is 7. The van der Waals surface area contributed by atoms with E-state index in [1.807, 2.05) is 0 Å². The van der Waals surface area contributed by atoms with E-state index in [1.165, 1.54) is 12.1 Å². The second kappa shape index (κ2) is 14.0. The standard InChI is InChI=1S/C30H31FN2O8/c31-22-13-9-20(10-14-22)5-1-2-18-39-23-15-11-21(12-16-23)29(36)32-24-6-3-7-25-28(24)40-27(41-30(37)38)19-33(25)17-4-8-26(34)35/h3,6-7,9-16,27H,1-2,4-5,8,17-19H2,(H,32,36)(H,34,35)(H,37,38). The topological polar surface area (TPSA) is 135 Å². The lowest BCUT2D eigenvalue weighted by Gasteiger charge is -2.36. The molecule has 4 rings (SSSR count). The Morgan fingerprint density at radius 3 is 2.44 bits per heavy atom. The summed E-state index contributed by atoms with van der Waals surface area (Å²) >= 11 is 0. The average molecular weight is 567 g/mol. The summed E-state index contributed by atoms with van der Waals surface area (Å²) in [7, 11) is 0. The molecule has 1 amide bonds. The molecule has 1 aliphatic rings. The Morgan fingerprint density at radius 2 is 1.73 bits per heavy atom. The van der Waals surface area contributed by atoms with Crippen molar-refractivity contribution in [1.82, 2.24) is 0 Å². The SMILES string of the molecule is O=C(O)CCCN1CC(OC(=O)O)Oc2c(NC(=O)c3ccc(OCCCCc4ccc(F)cc4)cc3)cccc21. The molecule has 0 aliphatic carbocycles. The highest BCUT2D eigenvalue weighted by atomic mass is 19.1. The van der Waals surface area contributed by atoms with Crippen LogP contribution in [0.1, 0.15) is 41.6 Å². The molecule has 1 aliphatic heterocycles. The Kier molecular flexibility index (Phi) is 9.98. The molecule has 0 saturated heterocycles. The third-order valence-corrected chi connectivity index (χ3v) is 6.41. The van der Waals surface area contributed by atoms with Crippen LogP contribution >= 0.6 is 0 Å². The first-order valence-corrected chi connectivity index (χ1v) is 13.2. The van der Waals surface area contributed by atoms with Crippen molar-refractivity contribution < 1.29 is 43.2 Å². The number of halogens is 1. The molecular formula is C30H31FN2O8. The van der Waals surface area contributed by atoms with E-state index < -0.39 is 24.3 Å². The number of ether oxygens (including phenoxy) is 3. The van der Waals surface area contributed by atoms with E-state index in [9.17, 15) is 18.8 Å². The zero-order valence-corrected chi connectivity index (χ0v) is 22.3. The van der Waals surface area contributed by atoms with Gasteiger partial charge >= 0.3 is 12.1 Å². The van der Waals surface area contributed by atoms with Gasteiger partial charge in [0.05, 0.1) is 24.5 Å². The molecule has 3 N–H and O–H groups in total. The molecule has 0 saturated carbocycles. The number of carboxylic acid groups (broad SMARTS) is 2. The van der Waals surface area contributed by atoms with E-state index in [4.69, 9.17) is 24.4 Å². The van der Waals surface area contributed by atoms with Crippen LogP contribution in [-0.2, 0) is 16.0 Å². The molecule has 0 aromatic heterocycles. The van der Waals surface area contributed by atoms with Crippen molar-refractivity contribution in [3.63, 3.8) is 0 Å². The predicted octanol–water partition coefficient (Wildman–Crippen LogP) is 5.56. The first-order valence-electron chi connectivity index (χ1n) is 13.2. The minimum Gasteiger partial charge on any atom is -0.494 e. The summed E-state index contributed by atoms with van der Waals surface area (Å²) in [5.41, 5.74) is 2.35. The molecule has 1 atom stereocenters. The van der Waals surface area contributed by atoms with Gasteiger partial charge in [-0.2, -0.15) is 0 Å². The van der Waals surface area contributed by atoms with Gasteiger partial charge in [-0.3, -0.25) is 9.59 Å². The molecule has 3 aromatic carbocycles. The van der Waals surface area contributed by atoms with Gasteiger partial charge in [0, 0.05) is 18.5 Å². The number of rotatable bonds is 13. The largest absolute Gasteiger partial charge is 0.508 e. The van der Waals surface area contributed by atoms with Gasteiger partial charge in [-0.15, -0.1) is 0 Å². The molecule has 0 bridgehead atoms. The van der Waals surface area contributed by atoms with Crippen LogP contribution in [0.2, 0.25) is 0 Å². The number of amides is 1. The zero-order chi connectivity index (χ0) is 29.2. The zero-order valence-electron chi connectivity index (χ0n) is 22.3. The molecule has 3 aromatic rings. The predicted molar refractivity (Wildman–Crippen MR) is 148 cm³/mol. The van der Waals surface area contributed by atoms with Crippen molar-refractivity contribution in [2.45, 2.75) is 38.4 Å². The fourth-order valence-corrected chi connectivity index (χ4v) is 4.42. The van der Waals surface area contributed by atoms with Crippen molar-refractivity contribution in [2.75, 3.05) is 29.9 Å². The van der Waals surface area contributed by atoms with Gasteiger partial charge in [0.1, 0.15) is 11.6 Å². The van der Waals surface area contributed by atoms with Crippen molar-refractivity contribution in [1.29, 1.82) is 0 Å². The van der Waals surface area contributed by atoms with E-state index in [0.717, 1.165) is 24.8 Å². The quantitative estimate of drug-likeness (QED) is 0.179. The first-order chi connectivity index (χ1) is 19.8. The van der Waals surface area contributed by atoms with Crippen LogP contribution in [0.4, 0.5) is 20.6 Å². The fraction of sp³-hybridized carbons (Fsp3) is 0.300. The Hall–Kier alpha value is -4.80. The van der Waals surface area contributed by atoms with Crippen LogP contribution in [0.3, 0.4) is 0 Å². The summed E-state index contributed by atoms with van der Waals surface area (Å²) in [6.45, 7) is 0.903. The monoisotopic (exact) mass is 566 g/mol. The van der Waals surface area contributed by atoms with E-state index in [2.05, 4.69) is 5.32 Å². The number of anilines is 2. The van der Waals surface area contributed by atoms with Crippen molar-refractivity contribution in [3.05, 3.63) is 83.7 Å². The minimum atomic E-state index is -1.51. The molecule has 1 unspecified atom stereocenters. The summed E-state index contributed by atoms with van der Waals surface area (Å²) < 4.78 is 29.4. The molecule has 1 heterocycles. The Balaban J connectivity index is 1.34. The maximum atomic E-state index is 13.0. The molecule has 0 radical (unpaired) electrons. The summed E-state index contributed by atoms with van der Waals surface area (Å²) in [5.74, 6) is -0.743. The van der Waals surface area contributed by atoms with Crippen LogP contribution in [0.5, 0.6) is 11.5 Å². The number of nitrogens with zero attached hydrogens (tertiary/aromatic N) is 1. The molecule has 0 spiro atoms. The lowest BCUT2D eigenvalue weighted by molar-refractivity contribution is -0.137. The van der Waals surface area contributed by atoms with Crippen LogP contribution in [-0.4, -0.2) is 54.2 Å². The second-order valence-electron chi connectivity index (χ2n) is 9.44. The highest BCUT2D eigenvalue weighted by molar-refractivity contribution is 6.05. The number of hydrogen-bond donors (Lipinski definition) is 3.